The number of benzene rings is 1. The lowest BCUT2D eigenvalue weighted by atomic mass is 10.3. The normalized spacial score (nSPS) is 15.5. The SMILES string of the molecule is S=C1[CH]Sc2ccccc2N1. The van der Waals surface area contributed by atoms with Gasteiger partial charge in [0.05, 0.1) is 16.4 Å². The minimum absolute atomic E-state index is 0.800. The smallest absolute Gasteiger partial charge is 0.0949 e. The molecule has 0 spiro atoms. The Morgan fingerprint density at radius 1 is 1.27 bits per heavy atom. The maximum Gasteiger partial charge on any atom is 0.0949 e. The number of thioether (sulfide) groups is 1. The summed E-state index contributed by atoms with van der Waals surface area (Å²) < 4.78 is 0. The Bertz CT molecular complexity index is 296. The summed E-state index contributed by atoms with van der Waals surface area (Å²) in [4.78, 5) is 2.04. The van der Waals surface area contributed by atoms with Crippen molar-refractivity contribution in [2.24, 2.45) is 0 Å². The zero-order valence-corrected chi connectivity index (χ0v) is 7.34. The van der Waals surface area contributed by atoms with Crippen molar-refractivity contribution >= 4 is 34.7 Å². The predicted molar refractivity (Wildman–Crippen MR) is 52.8 cm³/mol. The summed E-state index contributed by atoms with van der Waals surface area (Å²) in [7, 11) is 0. The second kappa shape index (κ2) is 2.83. The van der Waals surface area contributed by atoms with Gasteiger partial charge in [-0.3, -0.25) is 0 Å². The number of anilines is 1. The third-order valence-electron chi connectivity index (χ3n) is 1.44. The number of hydrogen-bond acceptors (Lipinski definition) is 2. The molecule has 1 nitrogen and oxygen atoms in total. The summed E-state index contributed by atoms with van der Waals surface area (Å²) in [6.45, 7) is 0. The Kier molecular flexibility index (Phi) is 1.84. The van der Waals surface area contributed by atoms with Crippen molar-refractivity contribution in [1.82, 2.24) is 0 Å². The molecule has 0 fully saturated rings. The quantitative estimate of drug-likeness (QED) is 0.616. The lowest BCUT2D eigenvalue weighted by Gasteiger charge is -2.16. The number of fused-ring (bicyclic) bond motifs is 1. The molecule has 1 aliphatic heterocycles. The number of para-hydroxylation sites is 1. The molecule has 0 aliphatic carbocycles. The lowest BCUT2D eigenvalue weighted by Crippen LogP contribution is -2.12. The van der Waals surface area contributed by atoms with Crippen molar-refractivity contribution in [1.29, 1.82) is 0 Å². The van der Waals surface area contributed by atoms with Crippen LogP contribution >= 0.6 is 24.0 Å². The highest BCUT2D eigenvalue weighted by Crippen LogP contribution is 2.33. The van der Waals surface area contributed by atoms with Crippen molar-refractivity contribution in [3.8, 4) is 0 Å². The first-order chi connectivity index (χ1) is 5.36. The summed E-state index contributed by atoms with van der Waals surface area (Å²) in [6, 6.07) is 8.13. The third-order valence-corrected chi connectivity index (χ3v) is 2.77. The molecule has 1 aliphatic rings. The molecule has 0 amide bonds. The van der Waals surface area contributed by atoms with Crippen LogP contribution in [0.4, 0.5) is 5.69 Å². The van der Waals surface area contributed by atoms with E-state index in [-0.39, 0.29) is 0 Å². The van der Waals surface area contributed by atoms with Crippen molar-refractivity contribution in [3.63, 3.8) is 0 Å². The minimum Gasteiger partial charge on any atom is -0.348 e. The minimum atomic E-state index is 0.800. The van der Waals surface area contributed by atoms with Gasteiger partial charge in [0.15, 0.2) is 0 Å². The van der Waals surface area contributed by atoms with E-state index in [1.807, 2.05) is 24.0 Å². The van der Waals surface area contributed by atoms with Gasteiger partial charge in [-0.2, -0.15) is 0 Å². The molecule has 2 rings (SSSR count). The van der Waals surface area contributed by atoms with Gasteiger partial charge in [0.2, 0.25) is 0 Å². The van der Waals surface area contributed by atoms with Gasteiger partial charge in [-0.15, -0.1) is 11.8 Å². The topological polar surface area (TPSA) is 12.0 Å². The molecular weight excluding hydrogens is 174 g/mol. The van der Waals surface area contributed by atoms with Gasteiger partial charge in [-0.05, 0) is 12.1 Å². The van der Waals surface area contributed by atoms with E-state index in [1.54, 1.807) is 11.8 Å². The zero-order valence-electron chi connectivity index (χ0n) is 5.70. The first-order valence-electron chi connectivity index (χ1n) is 3.26. The van der Waals surface area contributed by atoms with E-state index in [2.05, 4.69) is 11.4 Å². The van der Waals surface area contributed by atoms with Crippen LogP contribution in [0.1, 0.15) is 0 Å². The Balaban J connectivity index is 2.41. The largest absolute Gasteiger partial charge is 0.348 e. The van der Waals surface area contributed by atoms with Crippen LogP contribution in [-0.2, 0) is 0 Å². The highest BCUT2D eigenvalue weighted by molar-refractivity contribution is 8.03. The third kappa shape index (κ3) is 1.39. The molecule has 3 heteroatoms. The van der Waals surface area contributed by atoms with E-state index < -0.39 is 0 Å². The molecule has 1 radical (unpaired) electrons. The highest BCUT2D eigenvalue weighted by atomic mass is 32.2. The average molecular weight is 180 g/mol. The summed E-state index contributed by atoms with van der Waals surface area (Å²) in [5.74, 6) is 1.94. The molecule has 0 bridgehead atoms. The van der Waals surface area contributed by atoms with Gasteiger partial charge in [0.1, 0.15) is 0 Å². The van der Waals surface area contributed by atoms with Gasteiger partial charge >= 0.3 is 0 Å². The van der Waals surface area contributed by atoms with Crippen LogP contribution in [0.5, 0.6) is 0 Å². The van der Waals surface area contributed by atoms with Gasteiger partial charge in [0, 0.05) is 4.90 Å². The predicted octanol–water partition coefficient (Wildman–Crippen LogP) is 2.69. The van der Waals surface area contributed by atoms with Crippen LogP contribution in [0.25, 0.3) is 0 Å². The van der Waals surface area contributed by atoms with Crippen LogP contribution in [0.3, 0.4) is 0 Å². The molecule has 1 aromatic carbocycles. The van der Waals surface area contributed by atoms with Gasteiger partial charge in [0.25, 0.3) is 0 Å². The molecule has 1 heterocycles. The van der Waals surface area contributed by atoms with Gasteiger partial charge in [-0.1, -0.05) is 24.4 Å². The van der Waals surface area contributed by atoms with Crippen molar-refractivity contribution in [3.05, 3.63) is 30.0 Å². The first-order valence-corrected chi connectivity index (χ1v) is 4.55. The van der Waals surface area contributed by atoms with Crippen molar-refractivity contribution < 1.29 is 0 Å². The highest BCUT2D eigenvalue weighted by Gasteiger charge is 2.10. The van der Waals surface area contributed by atoms with Crippen LogP contribution < -0.4 is 5.32 Å². The zero-order chi connectivity index (χ0) is 7.68. The Labute approximate surface area is 75.2 Å². The van der Waals surface area contributed by atoms with E-state index in [9.17, 15) is 0 Å². The fraction of sp³-hybridized carbons (Fsp3) is 0. The molecular formula is C8H6NS2. The molecule has 11 heavy (non-hydrogen) atoms. The number of rotatable bonds is 0. The van der Waals surface area contributed by atoms with Crippen LogP contribution in [-0.4, -0.2) is 4.99 Å². The second-order valence-corrected chi connectivity index (χ2v) is 3.57. The van der Waals surface area contributed by atoms with Gasteiger partial charge < -0.3 is 5.32 Å². The van der Waals surface area contributed by atoms with E-state index in [4.69, 9.17) is 12.2 Å². The van der Waals surface area contributed by atoms with Crippen LogP contribution in [0.15, 0.2) is 29.2 Å². The molecule has 1 N–H and O–H groups in total. The average Bonchev–Trinajstić information content (AvgIpc) is 2.04. The van der Waals surface area contributed by atoms with Crippen LogP contribution in [0, 0.1) is 5.75 Å². The van der Waals surface area contributed by atoms with E-state index in [0.29, 0.717) is 0 Å². The maximum atomic E-state index is 4.99. The van der Waals surface area contributed by atoms with Crippen molar-refractivity contribution in [2.75, 3.05) is 5.32 Å². The number of hydrogen-bond donors (Lipinski definition) is 1. The molecule has 0 saturated carbocycles. The Hall–Kier alpha value is -0.540. The molecule has 55 valence electrons. The van der Waals surface area contributed by atoms with E-state index >= 15 is 0 Å². The summed E-state index contributed by atoms with van der Waals surface area (Å²) in [6.07, 6.45) is 0. The second-order valence-electron chi connectivity index (χ2n) is 2.22. The Morgan fingerprint density at radius 3 is 3.00 bits per heavy atom. The monoisotopic (exact) mass is 180 g/mol. The van der Waals surface area contributed by atoms with E-state index in [1.165, 1.54) is 4.90 Å². The first kappa shape index (κ1) is 7.13. The maximum absolute atomic E-state index is 4.99. The summed E-state index contributed by atoms with van der Waals surface area (Å²) in [5, 5.41) is 3.11. The standard InChI is InChI=1S/C8H6NS2/c10-8-5-11-7-4-2-1-3-6(7)9-8/h1-5H,(H,9,10). The molecule has 1 aromatic rings. The number of nitrogens with one attached hydrogen (secondary N) is 1. The molecule has 0 aromatic heterocycles. The molecule has 0 atom stereocenters. The van der Waals surface area contributed by atoms with Crippen molar-refractivity contribution in [2.45, 2.75) is 4.90 Å². The Morgan fingerprint density at radius 2 is 2.09 bits per heavy atom. The van der Waals surface area contributed by atoms with Gasteiger partial charge in [-0.25, -0.2) is 0 Å². The fourth-order valence-corrected chi connectivity index (χ4v) is 1.90. The molecule has 0 unspecified atom stereocenters. The van der Waals surface area contributed by atoms with E-state index in [0.717, 1.165) is 10.7 Å². The molecule has 0 saturated heterocycles. The lowest BCUT2D eigenvalue weighted by molar-refractivity contribution is 1.44. The number of thiocarbonyl (C=S) groups is 1. The fourth-order valence-electron chi connectivity index (χ4n) is 0.952. The summed E-state index contributed by atoms with van der Waals surface area (Å²) in [5.41, 5.74) is 1.12. The van der Waals surface area contributed by atoms with Crippen LogP contribution in [0.2, 0.25) is 0 Å². The summed E-state index contributed by atoms with van der Waals surface area (Å²) >= 11 is 6.66.